The molecule has 0 atom stereocenters. The fourth-order valence-electron chi connectivity index (χ4n) is 2.57. The van der Waals surface area contributed by atoms with Crippen molar-refractivity contribution in [1.82, 2.24) is 10.2 Å². The SMILES string of the molecule is NC(=O)CN1CCC(NC(=O)CCSc2ccccc2F)CC1. The second kappa shape index (κ2) is 8.88. The van der Waals surface area contributed by atoms with Crippen molar-refractivity contribution in [3.8, 4) is 0 Å². The minimum atomic E-state index is -0.322. The van der Waals surface area contributed by atoms with Gasteiger partial charge >= 0.3 is 0 Å². The van der Waals surface area contributed by atoms with Crippen LogP contribution in [0.3, 0.4) is 0 Å². The van der Waals surface area contributed by atoms with Gasteiger partial charge in [-0.05, 0) is 25.0 Å². The van der Waals surface area contributed by atoms with Gasteiger partial charge in [0.05, 0.1) is 6.54 Å². The summed E-state index contributed by atoms with van der Waals surface area (Å²) in [6.07, 6.45) is 2.00. The summed E-state index contributed by atoms with van der Waals surface area (Å²) in [4.78, 5) is 25.4. The highest BCUT2D eigenvalue weighted by molar-refractivity contribution is 7.99. The molecule has 0 spiro atoms. The number of thioether (sulfide) groups is 1. The van der Waals surface area contributed by atoms with E-state index in [-0.39, 0.29) is 30.2 Å². The van der Waals surface area contributed by atoms with E-state index in [9.17, 15) is 14.0 Å². The zero-order valence-electron chi connectivity index (χ0n) is 13.0. The Hall–Kier alpha value is -1.60. The number of benzene rings is 1. The Morgan fingerprint density at radius 3 is 2.65 bits per heavy atom. The molecular weight excluding hydrogens is 317 g/mol. The van der Waals surface area contributed by atoms with Gasteiger partial charge in [-0.1, -0.05) is 12.1 Å². The highest BCUT2D eigenvalue weighted by Crippen LogP contribution is 2.21. The van der Waals surface area contributed by atoms with Crippen molar-refractivity contribution in [2.24, 2.45) is 5.73 Å². The second-order valence-corrected chi connectivity index (χ2v) is 6.75. The Kier molecular flexibility index (Phi) is 6.85. The number of hydrogen-bond acceptors (Lipinski definition) is 4. The quantitative estimate of drug-likeness (QED) is 0.736. The second-order valence-electron chi connectivity index (χ2n) is 5.61. The lowest BCUT2D eigenvalue weighted by Gasteiger charge is -2.31. The number of nitrogens with zero attached hydrogens (tertiary/aromatic N) is 1. The number of nitrogens with one attached hydrogen (secondary N) is 1. The summed E-state index contributed by atoms with van der Waals surface area (Å²) in [5.41, 5.74) is 5.17. The van der Waals surface area contributed by atoms with Crippen LogP contribution in [-0.4, -0.2) is 48.1 Å². The van der Waals surface area contributed by atoms with E-state index in [1.165, 1.54) is 17.8 Å². The zero-order valence-corrected chi connectivity index (χ0v) is 13.8. The number of carbonyl (C=O) groups is 2. The van der Waals surface area contributed by atoms with Crippen LogP contribution in [0.5, 0.6) is 0 Å². The van der Waals surface area contributed by atoms with Crippen LogP contribution in [-0.2, 0) is 9.59 Å². The normalized spacial score (nSPS) is 16.2. The Bertz CT molecular complexity index is 548. The molecule has 23 heavy (non-hydrogen) atoms. The molecule has 1 fully saturated rings. The molecule has 5 nitrogen and oxygen atoms in total. The van der Waals surface area contributed by atoms with E-state index in [1.807, 2.05) is 4.90 Å². The lowest BCUT2D eigenvalue weighted by Crippen LogP contribution is -2.46. The monoisotopic (exact) mass is 339 g/mol. The predicted octanol–water partition coefficient (Wildman–Crippen LogP) is 1.37. The molecule has 7 heteroatoms. The molecule has 126 valence electrons. The number of carbonyl (C=O) groups excluding carboxylic acids is 2. The standard InChI is InChI=1S/C16H22FN3O2S/c17-13-3-1-2-4-14(13)23-10-7-16(22)19-12-5-8-20(9-6-12)11-15(18)21/h1-4,12H,5-11H2,(H2,18,21)(H,19,22). The number of primary amides is 1. The molecule has 0 aliphatic carbocycles. The minimum absolute atomic E-state index is 0.0119. The van der Waals surface area contributed by atoms with Crippen LogP contribution in [0.25, 0.3) is 0 Å². The average Bonchev–Trinajstić information content (AvgIpc) is 2.51. The van der Waals surface area contributed by atoms with Gasteiger partial charge < -0.3 is 11.1 Å². The van der Waals surface area contributed by atoms with Gasteiger partial charge in [0.1, 0.15) is 5.82 Å². The zero-order chi connectivity index (χ0) is 16.7. The number of piperidine rings is 1. The van der Waals surface area contributed by atoms with E-state index in [4.69, 9.17) is 5.73 Å². The van der Waals surface area contributed by atoms with E-state index < -0.39 is 0 Å². The molecule has 0 radical (unpaired) electrons. The molecule has 0 saturated carbocycles. The molecular formula is C16H22FN3O2S. The van der Waals surface area contributed by atoms with Crippen LogP contribution in [0, 0.1) is 5.82 Å². The van der Waals surface area contributed by atoms with Crippen LogP contribution in [0.2, 0.25) is 0 Å². The molecule has 2 rings (SSSR count). The van der Waals surface area contributed by atoms with Crippen LogP contribution >= 0.6 is 11.8 Å². The fourth-order valence-corrected chi connectivity index (χ4v) is 3.46. The highest BCUT2D eigenvalue weighted by atomic mass is 32.2. The van der Waals surface area contributed by atoms with Crippen molar-refractivity contribution < 1.29 is 14.0 Å². The first-order valence-electron chi connectivity index (χ1n) is 7.72. The molecule has 0 bridgehead atoms. The molecule has 0 aromatic heterocycles. The molecule has 1 heterocycles. The van der Waals surface area contributed by atoms with Gasteiger partial charge in [-0.15, -0.1) is 11.8 Å². The Morgan fingerprint density at radius 1 is 1.30 bits per heavy atom. The number of amides is 2. The number of halogens is 1. The molecule has 3 N–H and O–H groups in total. The summed E-state index contributed by atoms with van der Waals surface area (Å²) in [6.45, 7) is 1.80. The first kappa shape index (κ1) is 17.7. The van der Waals surface area contributed by atoms with Crippen molar-refractivity contribution in [3.63, 3.8) is 0 Å². The molecule has 1 aromatic rings. The van der Waals surface area contributed by atoms with Crippen molar-refractivity contribution in [3.05, 3.63) is 30.1 Å². The van der Waals surface area contributed by atoms with Gasteiger partial charge in [-0.3, -0.25) is 14.5 Å². The average molecular weight is 339 g/mol. The third kappa shape index (κ3) is 6.19. The predicted molar refractivity (Wildman–Crippen MR) is 88.5 cm³/mol. The maximum Gasteiger partial charge on any atom is 0.231 e. The number of nitrogens with two attached hydrogens (primary N) is 1. The largest absolute Gasteiger partial charge is 0.369 e. The van der Waals surface area contributed by atoms with E-state index in [0.717, 1.165) is 25.9 Å². The van der Waals surface area contributed by atoms with Crippen LogP contribution in [0.15, 0.2) is 29.2 Å². The Balaban J connectivity index is 1.64. The van der Waals surface area contributed by atoms with Crippen molar-refractivity contribution >= 4 is 23.6 Å². The van der Waals surface area contributed by atoms with Crippen LogP contribution in [0.1, 0.15) is 19.3 Å². The number of likely N-dealkylation sites (tertiary alicyclic amines) is 1. The summed E-state index contributed by atoms with van der Waals surface area (Å²) in [5.74, 6) is -0.0348. The van der Waals surface area contributed by atoms with Crippen molar-refractivity contribution in [2.45, 2.75) is 30.2 Å². The van der Waals surface area contributed by atoms with Crippen LogP contribution < -0.4 is 11.1 Å². The third-order valence-electron chi connectivity index (χ3n) is 3.76. The maximum absolute atomic E-state index is 13.5. The van der Waals surface area contributed by atoms with Crippen molar-refractivity contribution in [1.29, 1.82) is 0 Å². The molecule has 2 amide bonds. The summed E-state index contributed by atoms with van der Waals surface area (Å²) in [6, 6.07) is 6.71. The Labute approximate surface area is 139 Å². The maximum atomic E-state index is 13.5. The van der Waals surface area contributed by atoms with Gasteiger partial charge in [0.2, 0.25) is 11.8 Å². The third-order valence-corrected chi connectivity index (χ3v) is 4.81. The van der Waals surface area contributed by atoms with Crippen molar-refractivity contribution in [2.75, 3.05) is 25.4 Å². The summed E-state index contributed by atoms with van der Waals surface area (Å²) < 4.78 is 13.5. The highest BCUT2D eigenvalue weighted by Gasteiger charge is 2.21. The molecule has 0 unspecified atom stereocenters. The van der Waals surface area contributed by atoms with E-state index >= 15 is 0 Å². The first-order chi connectivity index (χ1) is 11.0. The molecule has 1 aliphatic heterocycles. The summed E-state index contributed by atoms with van der Waals surface area (Å²) >= 11 is 1.35. The van der Waals surface area contributed by atoms with Gasteiger partial charge in [-0.25, -0.2) is 4.39 Å². The lowest BCUT2D eigenvalue weighted by molar-refractivity contribution is -0.122. The fraction of sp³-hybridized carbons (Fsp3) is 0.500. The summed E-state index contributed by atoms with van der Waals surface area (Å²) in [5, 5.41) is 3.00. The Morgan fingerprint density at radius 2 is 2.00 bits per heavy atom. The molecule has 1 saturated heterocycles. The first-order valence-corrected chi connectivity index (χ1v) is 8.70. The van der Waals surface area contributed by atoms with Gasteiger partial charge in [0.15, 0.2) is 0 Å². The van der Waals surface area contributed by atoms with E-state index in [0.29, 0.717) is 17.1 Å². The molecule has 1 aromatic carbocycles. The van der Waals surface area contributed by atoms with Gasteiger partial charge in [-0.2, -0.15) is 0 Å². The van der Waals surface area contributed by atoms with Gasteiger partial charge in [0, 0.05) is 36.2 Å². The lowest BCUT2D eigenvalue weighted by atomic mass is 10.0. The molecule has 1 aliphatic rings. The van der Waals surface area contributed by atoms with E-state index in [1.54, 1.807) is 18.2 Å². The van der Waals surface area contributed by atoms with Crippen LogP contribution in [0.4, 0.5) is 4.39 Å². The number of rotatable bonds is 7. The van der Waals surface area contributed by atoms with E-state index in [2.05, 4.69) is 5.32 Å². The number of hydrogen-bond donors (Lipinski definition) is 2. The topological polar surface area (TPSA) is 75.4 Å². The smallest absolute Gasteiger partial charge is 0.231 e. The summed E-state index contributed by atoms with van der Waals surface area (Å²) in [7, 11) is 0. The van der Waals surface area contributed by atoms with Gasteiger partial charge in [0.25, 0.3) is 0 Å². The minimum Gasteiger partial charge on any atom is -0.369 e.